The van der Waals surface area contributed by atoms with Crippen LogP contribution in [0, 0.1) is 9.49 Å². The lowest BCUT2D eigenvalue weighted by atomic mass is 9.83. The van der Waals surface area contributed by atoms with E-state index in [2.05, 4.69) is 22.6 Å². The predicted molar refractivity (Wildman–Crippen MR) is 114 cm³/mol. The summed E-state index contributed by atoms with van der Waals surface area (Å²) in [6.07, 6.45) is 2.09. The Morgan fingerprint density at radius 2 is 1.70 bits per heavy atom. The topological polar surface area (TPSA) is 55.8 Å². The summed E-state index contributed by atoms with van der Waals surface area (Å²) in [4.78, 5) is 26.7. The zero-order chi connectivity index (χ0) is 20.2. The van der Waals surface area contributed by atoms with E-state index in [4.69, 9.17) is 9.47 Å². The molecule has 1 saturated heterocycles. The standard InChI is InChI=1S/C21H30INO4/c1-6-20(2,3)27-19(25)23-13-11-15(12-14-23)21(4,5)26-18(24)16-9-7-8-10-17(16)22/h7-10,15H,6,11-14H2,1-5H3. The molecule has 6 heteroatoms. The summed E-state index contributed by atoms with van der Waals surface area (Å²) < 4.78 is 12.3. The van der Waals surface area contributed by atoms with E-state index in [1.807, 2.05) is 52.8 Å². The lowest BCUT2D eigenvalue weighted by molar-refractivity contribution is -0.0489. The van der Waals surface area contributed by atoms with Gasteiger partial charge in [0.25, 0.3) is 0 Å². The second-order valence-electron chi connectivity index (χ2n) is 8.22. The number of carbonyl (C=O) groups is 2. The third-order valence-corrected chi connectivity index (χ3v) is 6.34. The quantitative estimate of drug-likeness (QED) is 0.420. The highest BCUT2D eigenvalue weighted by Crippen LogP contribution is 2.32. The molecule has 0 unspecified atom stereocenters. The molecule has 1 heterocycles. The number of hydrogen-bond donors (Lipinski definition) is 0. The number of hydrogen-bond acceptors (Lipinski definition) is 4. The summed E-state index contributed by atoms with van der Waals surface area (Å²) >= 11 is 2.15. The highest BCUT2D eigenvalue weighted by atomic mass is 127. The van der Waals surface area contributed by atoms with E-state index in [-0.39, 0.29) is 18.0 Å². The van der Waals surface area contributed by atoms with Crippen molar-refractivity contribution in [2.45, 2.75) is 65.1 Å². The molecule has 1 fully saturated rings. The molecule has 2 rings (SSSR count). The van der Waals surface area contributed by atoms with E-state index >= 15 is 0 Å². The summed E-state index contributed by atoms with van der Waals surface area (Å²) in [6.45, 7) is 11.0. The number of likely N-dealkylation sites (tertiary alicyclic amines) is 1. The van der Waals surface area contributed by atoms with Crippen molar-refractivity contribution in [3.63, 3.8) is 0 Å². The average molecular weight is 487 g/mol. The Kier molecular flexibility index (Phi) is 7.16. The van der Waals surface area contributed by atoms with E-state index in [9.17, 15) is 9.59 Å². The minimum Gasteiger partial charge on any atom is -0.456 e. The Labute approximate surface area is 175 Å². The van der Waals surface area contributed by atoms with Gasteiger partial charge in [0, 0.05) is 22.6 Å². The van der Waals surface area contributed by atoms with Crippen LogP contribution in [0.1, 0.15) is 64.2 Å². The molecule has 1 amide bonds. The summed E-state index contributed by atoms with van der Waals surface area (Å²) in [5.74, 6) is -0.0948. The SMILES string of the molecule is CCC(C)(C)OC(=O)N1CCC(C(C)(C)OC(=O)c2ccccc2I)CC1. The van der Waals surface area contributed by atoms with E-state index in [0.717, 1.165) is 22.8 Å². The van der Waals surface area contributed by atoms with Crippen LogP contribution in [0.3, 0.4) is 0 Å². The molecule has 1 aliphatic rings. The maximum atomic E-state index is 12.6. The molecule has 0 N–H and O–H groups in total. The molecule has 0 radical (unpaired) electrons. The fraction of sp³-hybridized carbons (Fsp3) is 0.619. The minimum atomic E-state index is -0.589. The second-order valence-corrected chi connectivity index (χ2v) is 9.38. The van der Waals surface area contributed by atoms with Gasteiger partial charge in [0.05, 0.1) is 5.56 Å². The van der Waals surface area contributed by atoms with E-state index in [1.54, 1.807) is 11.0 Å². The zero-order valence-electron chi connectivity index (χ0n) is 16.9. The Hall–Kier alpha value is -1.31. The monoisotopic (exact) mass is 487 g/mol. The van der Waals surface area contributed by atoms with Gasteiger partial charge in [-0.2, -0.15) is 0 Å². The number of esters is 1. The molecule has 0 saturated carbocycles. The largest absolute Gasteiger partial charge is 0.456 e. The van der Waals surface area contributed by atoms with Gasteiger partial charge in [-0.25, -0.2) is 9.59 Å². The lowest BCUT2D eigenvalue weighted by Gasteiger charge is -2.40. The second kappa shape index (κ2) is 8.80. The Bertz CT molecular complexity index is 679. The molecule has 1 aromatic rings. The van der Waals surface area contributed by atoms with Crippen molar-refractivity contribution >= 4 is 34.7 Å². The van der Waals surface area contributed by atoms with Crippen LogP contribution in [0.4, 0.5) is 4.79 Å². The van der Waals surface area contributed by atoms with Crippen molar-refractivity contribution in [1.82, 2.24) is 4.90 Å². The fourth-order valence-electron chi connectivity index (χ4n) is 3.13. The molecule has 0 aliphatic carbocycles. The van der Waals surface area contributed by atoms with Gasteiger partial charge in [-0.05, 0) is 81.7 Å². The number of ether oxygens (including phenoxy) is 2. The molecule has 5 nitrogen and oxygen atoms in total. The van der Waals surface area contributed by atoms with Crippen LogP contribution in [0.25, 0.3) is 0 Å². The van der Waals surface area contributed by atoms with Crippen molar-refractivity contribution in [3.05, 3.63) is 33.4 Å². The number of piperidine rings is 1. The van der Waals surface area contributed by atoms with Crippen molar-refractivity contribution in [3.8, 4) is 0 Å². The van der Waals surface area contributed by atoms with Crippen LogP contribution in [0.2, 0.25) is 0 Å². The molecular formula is C21H30INO4. The predicted octanol–water partition coefficient (Wildman–Crippen LogP) is 5.26. The van der Waals surface area contributed by atoms with E-state index < -0.39 is 11.2 Å². The number of amides is 1. The van der Waals surface area contributed by atoms with Crippen LogP contribution < -0.4 is 0 Å². The summed E-state index contributed by atoms with van der Waals surface area (Å²) in [7, 11) is 0. The molecule has 27 heavy (non-hydrogen) atoms. The van der Waals surface area contributed by atoms with Gasteiger partial charge in [0.1, 0.15) is 11.2 Å². The maximum Gasteiger partial charge on any atom is 0.410 e. The van der Waals surface area contributed by atoms with Crippen LogP contribution in [0.15, 0.2) is 24.3 Å². The normalized spacial score (nSPS) is 16.1. The third-order valence-electron chi connectivity index (χ3n) is 5.40. The molecule has 150 valence electrons. The number of halogens is 1. The maximum absolute atomic E-state index is 12.6. The summed E-state index contributed by atoms with van der Waals surface area (Å²) in [5, 5.41) is 0. The van der Waals surface area contributed by atoms with E-state index in [0.29, 0.717) is 18.7 Å². The molecule has 0 bridgehead atoms. The Morgan fingerprint density at radius 3 is 2.26 bits per heavy atom. The molecule has 0 aromatic heterocycles. The van der Waals surface area contributed by atoms with Gasteiger partial charge >= 0.3 is 12.1 Å². The van der Waals surface area contributed by atoms with Crippen molar-refractivity contribution in [2.24, 2.45) is 5.92 Å². The van der Waals surface area contributed by atoms with Gasteiger partial charge in [-0.3, -0.25) is 0 Å². The molecular weight excluding hydrogens is 457 g/mol. The van der Waals surface area contributed by atoms with Crippen molar-refractivity contribution < 1.29 is 19.1 Å². The minimum absolute atomic E-state index is 0.200. The van der Waals surface area contributed by atoms with Gasteiger partial charge in [0.15, 0.2) is 0 Å². The lowest BCUT2D eigenvalue weighted by Crippen LogP contribution is -2.47. The first-order valence-electron chi connectivity index (χ1n) is 9.51. The molecule has 0 atom stereocenters. The average Bonchev–Trinajstić information content (AvgIpc) is 2.61. The van der Waals surface area contributed by atoms with Crippen LogP contribution >= 0.6 is 22.6 Å². The highest BCUT2D eigenvalue weighted by molar-refractivity contribution is 14.1. The Balaban J connectivity index is 1.93. The van der Waals surface area contributed by atoms with E-state index in [1.165, 1.54) is 0 Å². The number of nitrogens with zero attached hydrogens (tertiary/aromatic N) is 1. The highest BCUT2D eigenvalue weighted by Gasteiger charge is 2.38. The molecule has 1 aromatic carbocycles. The van der Waals surface area contributed by atoms with Gasteiger partial charge < -0.3 is 14.4 Å². The smallest absolute Gasteiger partial charge is 0.410 e. The number of benzene rings is 1. The molecule has 0 spiro atoms. The van der Waals surface area contributed by atoms with Crippen LogP contribution in [0.5, 0.6) is 0 Å². The van der Waals surface area contributed by atoms with Crippen LogP contribution in [-0.2, 0) is 9.47 Å². The summed E-state index contributed by atoms with van der Waals surface area (Å²) in [5.41, 5.74) is -0.446. The Morgan fingerprint density at radius 1 is 1.11 bits per heavy atom. The first kappa shape index (κ1) is 22.0. The third kappa shape index (κ3) is 5.83. The van der Waals surface area contributed by atoms with Crippen molar-refractivity contribution in [2.75, 3.05) is 13.1 Å². The first-order chi connectivity index (χ1) is 12.6. The van der Waals surface area contributed by atoms with Gasteiger partial charge in [-0.15, -0.1) is 0 Å². The van der Waals surface area contributed by atoms with Crippen molar-refractivity contribution in [1.29, 1.82) is 0 Å². The fourth-order valence-corrected chi connectivity index (χ4v) is 3.74. The van der Waals surface area contributed by atoms with Gasteiger partial charge in [-0.1, -0.05) is 19.1 Å². The number of carbonyl (C=O) groups excluding carboxylic acids is 2. The molecule has 1 aliphatic heterocycles. The van der Waals surface area contributed by atoms with Crippen LogP contribution in [-0.4, -0.2) is 41.3 Å². The number of rotatable bonds is 5. The van der Waals surface area contributed by atoms with Gasteiger partial charge in [0.2, 0.25) is 0 Å². The first-order valence-corrected chi connectivity index (χ1v) is 10.6. The zero-order valence-corrected chi connectivity index (χ0v) is 19.0. The summed E-state index contributed by atoms with van der Waals surface area (Å²) in [6, 6.07) is 7.42.